The van der Waals surface area contributed by atoms with Crippen LogP contribution in [0.25, 0.3) is 0 Å². The van der Waals surface area contributed by atoms with Gasteiger partial charge >= 0.3 is 0 Å². The third-order valence-electron chi connectivity index (χ3n) is 4.22. The number of benzene rings is 2. The Morgan fingerprint density at radius 2 is 1.33 bits per heavy atom. The van der Waals surface area contributed by atoms with Crippen LogP contribution in [0.5, 0.6) is 0 Å². The van der Waals surface area contributed by atoms with E-state index in [4.69, 9.17) is 5.73 Å². The molecule has 124 valence electrons. The van der Waals surface area contributed by atoms with Crippen molar-refractivity contribution in [1.82, 2.24) is 9.80 Å². The van der Waals surface area contributed by atoms with Gasteiger partial charge in [-0.15, -0.1) is 0 Å². The van der Waals surface area contributed by atoms with Crippen molar-refractivity contribution in [3.63, 3.8) is 0 Å². The SMILES string of the molecule is Nc1cccc(C(=O)N2CCCN(C(=O)c3ccccc3)CC2)c1. The highest BCUT2D eigenvalue weighted by molar-refractivity contribution is 5.96. The summed E-state index contributed by atoms with van der Waals surface area (Å²) in [6.07, 6.45) is 0.770. The van der Waals surface area contributed by atoms with Crippen molar-refractivity contribution in [2.75, 3.05) is 31.9 Å². The molecule has 1 fully saturated rings. The molecule has 0 aromatic heterocycles. The van der Waals surface area contributed by atoms with Crippen LogP contribution < -0.4 is 5.73 Å². The molecule has 5 heteroatoms. The summed E-state index contributed by atoms with van der Waals surface area (Å²) >= 11 is 0. The minimum atomic E-state index is -0.0312. The molecule has 0 spiro atoms. The molecule has 1 aliphatic rings. The van der Waals surface area contributed by atoms with Crippen molar-refractivity contribution in [1.29, 1.82) is 0 Å². The van der Waals surface area contributed by atoms with E-state index in [1.165, 1.54) is 0 Å². The average Bonchev–Trinajstić information content (AvgIpc) is 2.87. The van der Waals surface area contributed by atoms with E-state index in [1.54, 1.807) is 29.2 Å². The molecular weight excluding hydrogens is 302 g/mol. The largest absolute Gasteiger partial charge is 0.399 e. The first kappa shape index (κ1) is 16.1. The summed E-state index contributed by atoms with van der Waals surface area (Å²) in [7, 11) is 0. The Labute approximate surface area is 141 Å². The standard InChI is InChI=1S/C19H21N3O2/c20-17-9-4-8-16(14-17)19(24)22-11-5-10-21(12-13-22)18(23)15-6-2-1-3-7-15/h1-4,6-9,14H,5,10-13,20H2. The molecule has 0 bridgehead atoms. The summed E-state index contributed by atoms with van der Waals surface area (Å²) in [6.45, 7) is 2.38. The van der Waals surface area contributed by atoms with Crippen molar-refractivity contribution in [2.45, 2.75) is 6.42 Å². The van der Waals surface area contributed by atoms with Gasteiger partial charge in [-0.1, -0.05) is 24.3 Å². The van der Waals surface area contributed by atoms with Crippen molar-refractivity contribution >= 4 is 17.5 Å². The Bertz CT molecular complexity index is 730. The molecule has 3 rings (SSSR count). The van der Waals surface area contributed by atoms with Gasteiger partial charge in [0, 0.05) is 43.0 Å². The smallest absolute Gasteiger partial charge is 0.253 e. The van der Waals surface area contributed by atoms with Crippen LogP contribution in [-0.2, 0) is 0 Å². The van der Waals surface area contributed by atoms with E-state index in [0.717, 1.165) is 6.42 Å². The van der Waals surface area contributed by atoms with E-state index in [9.17, 15) is 9.59 Å². The van der Waals surface area contributed by atoms with Gasteiger partial charge < -0.3 is 15.5 Å². The first-order chi connectivity index (χ1) is 11.6. The normalized spacial score (nSPS) is 15.0. The summed E-state index contributed by atoms with van der Waals surface area (Å²) in [5.74, 6) is -0.00911. The number of carbonyl (C=O) groups excluding carboxylic acids is 2. The fourth-order valence-electron chi connectivity index (χ4n) is 2.94. The number of nitrogen functional groups attached to an aromatic ring is 1. The number of rotatable bonds is 2. The summed E-state index contributed by atoms with van der Waals surface area (Å²) < 4.78 is 0. The van der Waals surface area contributed by atoms with Gasteiger partial charge in [-0.3, -0.25) is 9.59 Å². The lowest BCUT2D eigenvalue weighted by atomic mass is 10.1. The maximum Gasteiger partial charge on any atom is 0.253 e. The van der Waals surface area contributed by atoms with Crippen LogP contribution in [0.3, 0.4) is 0 Å². The van der Waals surface area contributed by atoms with Crippen molar-refractivity contribution in [3.05, 3.63) is 65.7 Å². The quantitative estimate of drug-likeness (QED) is 0.862. The van der Waals surface area contributed by atoms with Crippen molar-refractivity contribution < 1.29 is 9.59 Å². The predicted octanol–water partition coefficient (Wildman–Crippen LogP) is 2.26. The summed E-state index contributed by atoms with van der Waals surface area (Å²) in [6, 6.07) is 16.3. The van der Waals surface area contributed by atoms with Crippen LogP contribution in [0.4, 0.5) is 5.69 Å². The van der Waals surface area contributed by atoms with Gasteiger partial charge in [0.2, 0.25) is 0 Å². The second-order valence-corrected chi connectivity index (χ2v) is 5.93. The van der Waals surface area contributed by atoms with Gasteiger partial charge in [0.1, 0.15) is 0 Å². The highest BCUT2D eigenvalue weighted by Crippen LogP contribution is 2.14. The number of nitrogens with zero attached hydrogens (tertiary/aromatic N) is 2. The van der Waals surface area contributed by atoms with Gasteiger partial charge in [-0.05, 0) is 36.8 Å². The molecule has 1 saturated heterocycles. The molecule has 5 nitrogen and oxygen atoms in total. The van der Waals surface area contributed by atoms with E-state index in [0.29, 0.717) is 43.0 Å². The Morgan fingerprint density at radius 3 is 1.96 bits per heavy atom. The number of anilines is 1. The molecule has 2 amide bonds. The first-order valence-electron chi connectivity index (χ1n) is 8.14. The molecule has 1 heterocycles. The van der Waals surface area contributed by atoms with E-state index in [1.807, 2.05) is 35.2 Å². The van der Waals surface area contributed by atoms with Crippen molar-refractivity contribution in [3.8, 4) is 0 Å². The van der Waals surface area contributed by atoms with E-state index in [2.05, 4.69) is 0 Å². The van der Waals surface area contributed by atoms with E-state index >= 15 is 0 Å². The summed E-state index contributed by atoms with van der Waals surface area (Å²) in [5.41, 5.74) is 7.62. The summed E-state index contributed by atoms with van der Waals surface area (Å²) in [4.78, 5) is 28.8. The van der Waals surface area contributed by atoms with Gasteiger partial charge in [-0.25, -0.2) is 0 Å². The molecular formula is C19H21N3O2. The van der Waals surface area contributed by atoms with Crippen LogP contribution in [0.15, 0.2) is 54.6 Å². The number of hydrogen-bond acceptors (Lipinski definition) is 3. The molecule has 0 atom stereocenters. The topological polar surface area (TPSA) is 66.6 Å². The zero-order valence-corrected chi connectivity index (χ0v) is 13.5. The van der Waals surface area contributed by atoms with Gasteiger partial charge in [0.15, 0.2) is 0 Å². The highest BCUT2D eigenvalue weighted by Gasteiger charge is 2.23. The zero-order chi connectivity index (χ0) is 16.9. The molecule has 0 saturated carbocycles. The van der Waals surface area contributed by atoms with Gasteiger partial charge in [-0.2, -0.15) is 0 Å². The van der Waals surface area contributed by atoms with Crippen molar-refractivity contribution in [2.24, 2.45) is 0 Å². The Kier molecular flexibility index (Phi) is 4.79. The maximum atomic E-state index is 12.6. The second-order valence-electron chi connectivity index (χ2n) is 5.93. The number of amides is 2. The number of carbonyl (C=O) groups is 2. The zero-order valence-electron chi connectivity index (χ0n) is 13.5. The molecule has 2 N–H and O–H groups in total. The lowest BCUT2D eigenvalue weighted by Crippen LogP contribution is -2.37. The third-order valence-corrected chi connectivity index (χ3v) is 4.22. The van der Waals surface area contributed by atoms with Crippen LogP contribution in [-0.4, -0.2) is 47.8 Å². The minimum Gasteiger partial charge on any atom is -0.399 e. The fourth-order valence-corrected chi connectivity index (χ4v) is 2.94. The first-order valence-corrected chi connectivity index (χ1v) is 8.14. The highest BCUT2D eigenvalue weighted by atomic mass is 16.2. The van der Waals surface area contributed by atoms with Crippen LogP contribution in [0.2, 0.25) is 0 Å². The molecule has 0 unspecified atom stereocenters. The fraction of sp³-hybridized carbons (Fsp3) is 0.263. The predicted molar refractivity (Wildman–Crippen MR) is 93.7 cm³/mol. The van der Waals surface area contributed by atoms with Gasteiger partial charge in [0.25, 0.3) is 11.8 Å². The van der Waals surface area contributed by atoms with Crippen LogP contribution in [0, 0.1) is 0 Å². The molecule has 0 aliphatic carbocycles. The second kappa shape index (κ2) is 7.17. The van der Waals surface area contributed by atoms with Crippen LogP contribution >= 0.6 is 0 Å². The molecule has 1 aliphatic heterocycles. The van der Waals surface area contributed by atoms with Gasteiger partial charge in [0.05, 0.1) is 0 Å². The summed E-state index contributed by atoms with van der Waals surface area (Å²) in [5, 5.41) is 0. The Morgan fingerprint density at radius 1 is 0.750 bits per heavy atom. The molecule has 24 heavy (non-hydrogen) atoms. The Hall–Kier alpha value is -2.82. The minimum absolute atomic E-state index is 0.0221. The molecule has 2 aromatic rings. The van der Waals surface area contributed by atoms with E-state index in [-0.39, 0.29) is 11.8 Å². The molecule has 2 aromatic carbocycles. The monoisotopic (exact) mass is 323 g/mol. The lowest BCUT2D eigenvalue weighted by molar-refractivity contribution is 0.0719. The Balaban J connectivity index is 1.67. The third kappa shape index (κ3) is 3.56. The number of hydrogen-bond donors (Lipinski definition) is 1. The number of nitrogens with two attached hydrogens (primary N) is 1. The lowest BCUT2D eigenvalue weighted by Gasteiger charge is -2.22. The maximum absolute atomic E-state index is 12.6. The van der Waals surface area contributed by atoms with Crippen LogP contribution in [0.1, 0.15) is 27.1 Å². The molecule has 0 radical (unpaired) electrons. The average molecular weight is 323 g/mol. The van der Waals surface area contributed by atoms with E-state index < -0.39 is 0 Å².